The van der Waals surface area contributed by atoms with Gasteiger partial charge in [0.25, 0.3) is 11.9 Å². The van der Waals surface area contributed by atoms with Crippen molar-refractivity contribution in [1.29, 1.82) is 0 Å². The second-order valence-electron chi connectivity index (χ2n) is 2.95. The Morgan fingerprint density at radius 1 is 0.737 bits per heavy atom. The van der Waals surface area contributed by atoms with Gasteiger partial charge in [-0.1, -0.05) is 0 Å². The van der Waals surface area contributed by atoms with Crippen molar-refractivity contribution in [3.05, 3.63) is 0 Å². The van der Waals surface area contributed by atoms with E-state index in [1.807, 2.05) is 0 Å². The van der Waals surface area contributed by atoms with Crippen molar-refractivity contribution in [3.8, 4) is 0 Å². The zero-order chi connectivity index (χ0) is 15.4. The smallest absolute Gasteiger partial charge is 0.412 e. The van der Waals surface area contributed by atoms with Crippen molar-refractivity contribution >= 4 is 54.2 Å². The average Bonchev–Trinajstić information content (AvgIpc) is 2.19. The van der Waals surface area contributed by atoms with Gasteiger partial charge in [0.1, 0.15) is 0 Å². The molecule has 19 heavy (non-hydrogen) atoms. The normalized spacial score (nSPS) is 7.05. The number of carboxylic acids is 2. The Kier molecular flexibility index (Phi) is 60.6. The number of rotatable bonds is 4. The van der Waals surface area contributed by atoms with Crippen LogP contribution >= 0.6 is 0 Å². The van der Waals surface area contributed by atoms with Gasteiger partial charge in [-0.15, -0.1) is 0 Å². The van der Waals surface area contributed by atoms with Gasteiger partial charge in [-0.25, -0.2) is 0 Å². The van der Waals surface area contributed by atoms with E-state index in [1.54, 1.807) is 0 Å². The molecule has 4 N–H and O–H groups in total. The molecule has 0 heterocycles. The van der Waals surface area contributed by atoms with Crippen molar-refractivity contribution in [2.24, 2.45) is 0 Å². The molecule has 0 aromatic carbocycles. The standard InChI is InChI=1S/2C2H4O2.4C2H5.H2O.2Sn/c2*1-2(3)4;4*1-2;;;/h2*1H3,(H,3,4);4*1H2,2H3;1H2;;. The molecule has 0 aromatic rings. The SMILES string of the molecule is CC(=O)O.CC(=O)O.C[CH2][Sn][CH2]C.C[CH2][Sn][CH2]C.O. The molecule has 0 bridgehead atoms. The summed E-state index contributed by atoms with van der Waals surface area (Å²) < 4.78 is 6.06. The van der Waals surface area contributed by atoms with Gasteiger partial charge < -0.3 is 15.7 Å². The van der Waals surface area contributed by atoms with Crippen LogP contribution in [0.5, 0.6) is 0 Å². The summed E-state index contributed by atoms with van der Waals surface area (Å²) in [5.74, 6) is -1.67. The topological polar surface area (TPSA) is 106 Å². The second-order valence-corrected chi connectivity index (χ2v) is 13.9. The van der Waals surface area contributed by atoms with Crippen LogP contribution in [0, 0.1) is 0 Å². The van der Waals surface area contributed by atoms with Crippen LogP contribution in [0.1, 0.15) is 41.5 Å². The van der Waals surface area contributed by atoms with Crippen LogP contribution in [-0.2, 0) is 9.59 Å². The van der Waals surface area contributed by atoms with Crippen LogP contribution in [-0.4, -0.2) is 69.9 Å². The van der Waals surface area contributed by atoms with E-state index in [0.29, 0.717) is 0 Å². The Labute approximate surface area is 138 Å². The zero-order valence-corrected chi connectivity index (χ0v) is 18.7. The summed E-state index contributed by atoms with van der Waals surface area (Å²) in [4.78, 5) is 18.0. The van der Waals surface area contributed by atoms with Crippen molar-refractivity contribution in [1.82, 2.24) is 0 Å². The van der Waals surface area contributed by atoms with Crippen LogP contribution in [0.3, 0.4) is 0 Å². The molecule has 0 aromatic heterocycles. The predicted octanol–water partition coefficient (Wildman–Crippen LogP) is 2.49. The molecule has 0 amide bonds. The number of aliphatic carboxylic acids is 2. The fourth-order valence-corrected chi connectivity index (χ4v) is 3.35. The number of hydrogen-bond acceptors (Lipinski definition) is 2. The molecule has 0 spiro atoms. The first-order valence-corrected chi connectivity index (χ1v) is 14.2. The van der Waals surface area contributed by atoms with Crippen LogP contribution < -0.4 is 0 Å². The molecular formula is C12H30O5Sn2. The largest absolute Gasteiger partial charge is 0.412 e. The summed E-state index contributed by atoms with van der Waals surface area (Å²) in [6.45, 7) is 11.3. The van der Waals surface area contributed by atoms with Gasteiger partial charge in [0.2, 0.25) is 0 Å². The van der Waals surface area contributed by atoms with Gasteiger partial charge in [-0.05, 0) is 0 Å². The summed E-state index contributed by atoms with van der Waals surface area (Å²) >= 11 is 0.436. The molecule has 0 aliphatic rings. The Balaban J connectivity index is -0.0000000453. The molecule has 4 radical (unpaired) electrons. The molecule has 0 aliphatic heterocycles. The minimum absolute atomic E-state index is 0. The predicted molar refractivity (Wildman–Crippen MR) is 83.7 cm³/mol. The molecule has 0 atom stereocenters. The van der Waals surface area contributed by atoms with Gasteiger partial charge >= 0.3 is 87.7 Å². The van der Waals surface area contributed by atoms with Gasteiger partial charge in [0.15, 0.2) is 0 Å². The summed E-state index contributed by atoms with van der Waals surface area (Å²) in [7, 11) is 0. The van der Waals surface area contributed by atoms with E-state index < -0.39 is 11.9 Å². The van der Waals surface area contributed by atoms with Gasteiger partial charge in [-0.2, -0.15) is 0 Å². The van der Waals surface area contributed by atoms with Gasteiger partial charge in [0.05, 0.1) is 0 Å². The van der Waals surface area contributed by atoms with Gasteiger partial charge in [0, 0.05) is 13.8 Å². The van der Waals surface area contributed by atoms with Crippen molar-refractivity contribution < 1.29 is 25.3 Å². The number of carboxylic acid groups (broad SMARTS) is 2. The van der Waals surface area contributed by atoms with E-state index in [-0.39, 0.29) is 47.8 Å². The fraction of sp³-hybridized carbons (Fsp3) is 0.833. The summed E-state index contributed by atoms with van der Waals surface area (Å²) in [5.41, 5.74) is 0. The maximum Gasteiger partial charge on any atom is -0.412 e. The average molecular weight is 492 g/mol. The zero-order valence-electron chi connectivity index (χ0n) is 13.0. The molecule has 0 saturated heterocycles. The van der Waals surface area contributed by atoms with Crippen LogP contribution in [0.25, 0.3) is 0 Å². The number of carbonyl (C=O) groups is 2. The molecule has 0 aliphatic carbocycles. The Hall–Kier alpha value is 0.497. The van der Waals surface area contributed by atoms with E-state index >= 15 is 0 Å². The molecule has 0 unspecified atom stereocenters. The Morgan fingerprint density at radius 3 is 0.842 bits per heavy atom. The third-order valence-corrected chi connectivity index (χ3v) is 6.71. The van der Waals surface area contributed by atoms with E-state index in [2.05, 4.69) is 27.7 Å². The second kappa shape index (κ2) is 36.3. The molecule has 7 heteroatoms. The minimum Gasteiger partial charge on any atom is -0.412 e. The summed E-state index contributed by atoms with van der Waals surface area (Å²) in [6, 6.07) is 0. The third kappa shape index (κ3) is 249. The summed E-state index contributed by atoms with van der Waals surface area (Å²) in [5, 5.41) is 14.8. The molecule has 0 rings (SSSR count). The molecule has 0 saturated carbocycles. The van der Waals surface area contributed by atoms with E-state index in [9.17, 15) is 0 Å². The first kappa shape index (κ1) is 31.7. The van der Waals surface area contributed by atoms with Gasteiger partial charge in [-0.3, -0.25) is 9.59 Å². The van der Waals surface area contributed by atoms with Crippen LogP contribution in [0.4, 0.5) is 0 Å². The maximum absolute atomic E-state index is 9.00. The number of hydrogen-bond donors (Lipinski definition) is 2. The quantitative estimate of drug-likeness (QED) is 0.589. The Morgan fingerprint density at radius 2 is 0.842 bits per heavy atom. The minimum atomic E-state index is -0.833. The summed E-state index contributed by atoms with van der Waals surface area (Å²) in [6.07, 6.45) is 0. The van der Waals surface area contributed by atoms with Crippen molar-refractivity contribution in [3.63, 3.8) is 0 Å². The third-order valence-electron chi connectivity index (χ3n) is 1.000. The van der Waals surface area contributed by atoms with E-state index in [0.717, 1.165) is 13.8 Å². The Bertz CT molecular complexity index is 136. The fourth-order valence-electron chi connectivity index (χ4n) is 0.500. The van der Waals surface area contributed by atoms with Crippen LogP contribution in [0.15, 0.2) is 0 Å². The van der Waals surface area contributed by atoms with E-state index in [4.69, 9.17) is 19.8 Å². The van der Waals surface area contributed by atoms with Crippen molar-refractivity contribution in [2.45, 2.75) is 59.3 Å². The molecule has 0 fully saturated rings. The molecule has 116 valence electrons. The molecule has 5 nitrogen and oxygen atoms in total. The first-order chi connectivity index (χ1) is 8.29. The van der Waals surface area contributed by atoms with E-state index in [1.165, 1.54) is 17.7 Å². The first-order valence-electron chi connectivity index (χ1n) is 6.10. The van der Waals surface area contributed by atoms with Crippen molar-refractivity contribution in [2.75, 3.05) is 0 Å². The van der Waals surface area contributed by atoms with Crippen LogP contribution in [0.2, 0.25) is 17.7 Å². The molecular weight excluding hydrogens is 462 g/mol. The maximum atomic E-state index is 9.00. The monoisotopic (exact) mass is 494 g/mol.